The molecule has 14 heavy (non-hydrogen) atoms. The van der Waals surface area contributed by atoms with Gasteiger partial charge in [-0.3, -0.25) is 9.59 Å². The van der Waals surface area contributed by atoms with Gasteiger partial charge in [0.2, 0.25) is 0 Å². The van der Waals surface area contributed by atoms with Gasteiger partial charge in [-0.2, -0.15) is 0 Å². The van der Waals surface area contributed by atoms with Gasteiger partial charge >= 0.3 is 19.5 Å². The minimum Gasteiger partial charge on any atom is -0.542 e. The van der Waals surface area contributed by atoms with E-state index in [-0.39, 0.29) is 19.5 Å². The molecule has 0 rings (SSSR count). The average Bonchev–Trinajstić information content (AvgIpc) is 2.10. The van der Waals surface area contributed by atoms with Crippen molar-refractivity contribution in [3.63, 3.8) is 0 Å². The zero-order chi connectivity index (χ0) is 11.4. The monoisotopic (exact) mass is 292 g/mol. The van der Waals surface area contributed by atoms with Crippen molar-refractivity contribution in [3.05, 3.63) is 0 Å². The molecule has 6 nitrogen and oxygen atoms in total. The molecule has 0 atom stereocenters. The van der Waals surface area contributed by atoms with Crippen LogP contribution in [0, 0.1) is 0 Å². The maximum atomic E-state index is 10.1. The number of hydrogen-bond acceptors (Lipinski definition) is 6. The molecule has 0 heterocycles. The van der Waals surface area contributed by atoms with Crippen LogP contribution in [0.4, 0.5) is 0 Å². The minimum atomic E-state index is -1.80. The molecule has 0 N–H and O–H groups in total. The third kappa shape index (κ3) is 22.4. The van der Waals surface area contributed by atoms with Crippen molar-refractivity contribution in [3.8, 4) is 0 Å². The Kier molecular flexibility index (Phi) is 29.2. The molecule has 0 bridgehead atoms. The van der Waals surface area contributed by atoms with Crippen molar-refractivity contribution >= 4 is 31.1 Å². The minimum absolute atomic E-state index is 0. The maximum absolute atomic E-state index is 10.1. The van der Waals surface area contributed by atoms with Gasteiger partial charge in [0.05, 0.1) is 6.42 Å². The molecule has 0 amide bonds. The summed E-state index contributed by atoms with van der Waals surface area (Å²) in [5.41, 5.74) is 0. The predicted octanol–water partition coefficient (Wildman–Crippen LogP) is -2.09. The topological polar surface area (TPSA) is 108 Å². The first kappa shape index (κ1) is 23.0. The van der Waals surface area contributed by atoms with Gasteiger partial charge in [-0.15, -0.1) is 0 Å². The quantitative estimate of drug-likeness (QED) is 0.335. The van der Waals surface area contributed by atoms with Gasteiger partial charge in [0, 0.05) is 0 Å². The summed E-state index contributed by atoms with van der Waals surface area (Å²) in [4.78, 5) is 45.7. The molecule has 0 fully saturated rings. The summed E-state index contributed by atoms with van der Waals surface area (Å²) in [6, 6.07) is 0. The van der Waals surface area contributed by atoms with Crippen LogP contribution in [-0.4, -0.2) is 31.1 Å². The fourth-order valence-electron chi connectivity index (χ4n) is 0.298. The second-order valence-electron chi connectivity index (χ2n) is 1.59. The number of rotatable bonds is 3. The normalized spacial score (nSPS) is 6.07. The molecule has 0 aliphatic heterocycles. The zero-order valence-electron chi connectivity index (χ0n) is 7.40. The predicted molar refractivity (Wildman–Crippen MR) is 39.6 cm³/mol. The van der Waals surface area contributed by atoms with E-state index in [0.717, 1.165) is 6.92 Å². The maximum Gasteiger partial charge on any atom is 1.00 e. The van der Waals surface area contributed by atoms with E-state index in [1.54, 1.807) is 0 Å². The van der Waals surface area contributed by atoms with Gasteiger partial charge < -0.3 is 19.5 Å². The molecular formula is C7H9O6Rh. The summed E-state index contributed by atoms with van der Waals surface area (Å²) in [5.74, 6) is -3.43. The summed E-state index contributed by atoms with van der Waals surface area (Å²) in [5, 5.41) is 9.62. The smallest absolute Gasteiger partial charge is 0.542 e. The van der Waals surface area contributed by atoms with E-state index in [1.165, 1.54) is 0 Å². The summed E-state index contributed by atoms with van der Waals surface area (Å²) >= 11 is 0. The standard InChI is InChI=1S/C5H6O4.2CH2O.Rh/c1-3(6)2-4(7)5(8)9;2*1-2;/h2H2,1H3,(H,8,9);2*1H2;/q;;;+1/p-1. The van der Waals surface area contributed by atoms with E-state index in [4.69, 9.17) is 9.59 Å². The largest absolute Gasteiger partial charge is 1.00 e. The number of Topliss-reactive ketones (excluding diaryl/α,β-unsaturated/α-hetero) is 2. The molecule has 0 spiro atoms. The van der Waals surface area contributed by atoms with Crippen molar-refractivity contribution < 1.29 is 48.6 Å². The van der Waals surface area contributed by atoms with E-state index in [1.807, 2.05) is 13.6 Å². The summed E-state index contributed by atoms with van der Waals surface area (Å²) < 4.78 is 0. The van der Waals surface area contributed by atoms with Crippen molar-refractivity contribution in [2.45, 2.75) is 13.3 Å². The van der Waals surface area contributed by atoms with Crippen LogP contribution in [0.5, 0.6) is 0 Å². The van der Waals surface area contributed by atoms with Crippen molar-refractivity contribution in [2.75, 3.05) is 0 Å². The number of carbonyl (C=O) groups excluding carboxylic acids is 5. The summed E-state index contributed by atoms with van der Waals surface area (Å²) in [6.07, 6.45) is -0.567. The zero-order valence-corrected chi connectivity index (χ0v) is 9.04. The van der Waals surface area contributed by atoms with Gasteiger partial charge in [0.1, 0.15) is 25.3 Å². The third-order valence-electron chi connectivity index (χ3n) is 0.637. The van der Waals surface area contributed by atoms with Crippen molar-refractivity contribution in [1.29, 1.82) is 0 Å². The van der Waals surface area contributed by atoms with Gasteiger partial charge in [-0.1, -0.05) is 0 Å². The first-order valence-electron chi connectivity index (χ1n) is 2.85. The Morgan fingerprint density at radius 1 is 1.07 bits per heavy atom. The summed E-state index contributed by atoms with van der Waals surface area (Å²) in [7, 11) is 0. The van der Waals surface area contributed by atoms with Gasteiger partial charge in [0.15, 0.2) is 5.78 Å². The molecule has 0 aliphatic rings. The number of carbonyl (C=O) groups is 5. The Morgan fingerprint density at radius 3 is 1.43 bits per heavy atom. The molecule has 0 aliphatic carbocycles. The second-order valence-corrected chi connectivity index (χ2v) is 1.59. The van der Waals surface area contributed by atoms with Crippen molar-refractivity contribution in [2.24, 2.45) is 0 Å². The third-order valence-corrected chi connectivity index (χ3v) is 0.637. The van der Waals surface area contributed by atoms with Crippen LogP contribution in [0.3, 0.4) is 0 Å². The number of hydrogen-bond donors (Lipinski definition) is 0. The first-order valence-corrected chi connectivity index (χ1v) is 2.85. The molecule has 82 valence electrons. The van der Waals surface area contributed by atoms with Crippen LogP contribution in [0.15, 0.2) is 0 Å². The number of carboxylic acid groups (broad SMARTS) is 1. The fraction of sp³-hybridized carbons (Fsp3) is 0.286. The molecule has 0 aromatic rings. The van der Waals surface area contributed by atoms with Crippen LogP contribution >= 0.6 is 0 Å². The van der Waals surface area contributed by atoms with Crippen LogP contribution in [-0.2, 0) is 43.5 Å². The van der Waals surface area contributed by atoms with Crippen molar-refractivity contribution in [1.82, 2.24) is 0 Å². The molecule has 0 aromatic carbocycles. The van der Waals surface area contributed by atoms with E-state index >= 15 is 0 Å². The Morgan fingerprint density at radius 2 is 1.36 bits per heavy atom. The van der Waals surface area contributed by atoms with Gasteiger partial charge in [0.25, 0.3) is 0 Å². The van der Waals surface area contributed by atoms with E-state index in [0.29, 0.717) is 0 Å². The molecule has 0 saturated carbocycles. The van der Waals surface area contributed by atoms with Gasteiger partial charge in [-0.25, -0.2) is 0 Å². The Labute approximate surface area is 93.4 Å². The number of aliphatic carboxylic acids is 1. The molecule has 0 aromatic heterocycles. The van der Waals surface area contributed by atoms with Crippen LogP contribution in [0.1, 0.15) is 13.3 Å². The second kappa shape index (κ2) is 17.8. The van der Waals surface area contributed by atoms with E-state index in [9.17, 15) is 19.5 Å². The van der Waals surface area contributed by atoms with Gasteiger partial charge in [-0.05, 0) is 6.92 Å². The SMILES string of the molecule is C=O.C=O.CC(=O)CC(=O)C(=O)[O-].[Rh+]. The Balaban J connectivity index is -0.0000000883. The summed E-state index contributed by atoms with van der Waals surface area (Å²) in [6.45, 7) is 5.14. The molecule has 0 unspecified atom stereocenters. The first-order chi connectivity index (χ1) is 6.04. The van der Waals surface area contributed by atoms with E-state index < -0.39 is 24.0 Å². The molecule has 0 saturated heterocycles. The Bertz CT molecular complexity index is 189. The fourth-order valence-corrected chi connectivity index (χ4v) is 0.298. The average molecular weight is 292 g/mol. The van der Waals surface area contributed by atoms with Crippen LogP contribution in [0.25, 0.3) is 0 Å². The number of carboxylic acids is 1. The Hall–Kier alpha value is -1.23. The molecule has 0 radical (unpaired) electrons. The van der Waals surface area contributed by atoms with E-state index in [2.05, 4.69) is 0 Å². The molecular weight excluding hydrogens is 283 g/mol. The number of ketones is 2. The molecule has 7 heteroatoms. The van der Waals surface area contributed by atoms with Crippen LogP contribution < -0.4 is 5.11 Å². The van der Waals surface area contributed by atoms with Crippen LogP contribution in [0.2, 0.25) is 0 Å².